The van der Waals surface area contributed by atoms with Crippen molar-refractivity contribution in [2.75, 3.05) is 7.11 Å². The number of esters is 1. The van der Waals surface area contributed by atoms with E-state index in [9.17, 15) is 4.79 Å². The Morgan fingerprint density at radius 1 is 1.58 bits per heavy atom. The van der Waals surface area contributed by atoms with E-state index in [0.29, 0.717) is 22.5 Å². The van der Waals surface area contributed by atoms with Crippen molar-refractivity contribution in [3.8, 4) is 0 Å². The number of benzene rings is 1. The first-order valence-electron chi connectivity index (χ1n) is 3.27. The minimum absolute atomic E-state index is 0.397. The van der Waals surface area contributed by atoms with E-state index < -0.39 is 5.97 Å². The lowest BCUT2D eigenvalue weighted by molar-refractivity contribution is 0.0600. The molecule has 0 bridgehead atoms. The molecule has 3 nitrogen and oxygen atoms in total. The van der Waals surface area contributed by atoms with Crippen LogP contribution in [0.5, 0.6) is 0 Å². The van der Waals surface area contributed by atoms with Gasteiger partial charge in [-0.15, -0.1) is 0 Å². The molecule has 0 spiro atoms. The summed E-state index contributed by atoms with van der Waals surface area (Å²) in [5.41, 5.74) is 0.441. The van der Waals surface area contributed by atoms with Crippen molar-refractivity contribution < 1.29 is 14.1 Å². The second-order valence-corrected chi connectivity index (χ2v) is 2.76. The second kappa shape index (κ2) is 4.13. The first-order chi connectivity index (χ1) is 5.77. The summed E-state index contributed by atoms with van der Waals surface area (Å²) in [4.78, 5) is 11.6. The van der Waals surface area contributed by atoms with Crippen LogP contribution < -0.4 is 0 Å². The maximum absolute atomic E-state index is 11.0. The van der Waals surface area contributed by atoms with Gasteiger partial charge >= 0.3 is 5.97 Å². The number of rotatable bonds is 2. The van der Waals surface area contributed by atoms with E-state index in [1.807, 2.05) is 0 Å². The van der Waals surface area contributed by atoms with Gasteiger partial charge in [0.2, 0.25) is 0 Å². The fourth-order valence-corrected chi connectivity index (χ4v) is 1.12. The molecule has 0 unspecified atom stereocenters. The van der Waals surface area contributed by atoms with Gasteiger partial charge in [-0.25, -0.2) is 4.79 Å². The van der Waals surface area contributed by atoms with E-state index >= 15 is 0 Å². The van der Waals surface area contributed by atoms with Crippen LogP contribution in [-0.4, -0.2) is 17.6 Å². The zero-order valence-electron chi connectivity index (χ0n) is 6.48. The highest BCUT2D eigenvalue weighted by Crippen LogP contribution is 2.15. The number of ether oxygens (including phenoxy) is 1. The third kappa shape index (κ3) is 1.99. The van der Waals surface area contributed by atoms with E-state index in [1.165, 1.54) is 7.11 Å². The summed E-state index contributed by atoms with van der Waals surface area (Å²) in [5, 5.41) is 0. The summed E-state index contributed by atoms with van der Waals surface area (Å²) in [6.07, 6.45) is 0. The van der Waals surface area contributed by atoms with E-state index in [0.717, 1.165) is 0 Å². The smallest absolute Gasteiger partial charge is 0.337 e. The lowest BCUT2D eigenvalue weighted by Crippen LogP contribution is -2.00. The number of hydrogen-bond acceptors (Lipinski definition) is 4. The molecule has 0 atom stereocenters. The van der Waals surface area contributed by atoms with Crippen LogP contribution in [-0.2, 0) is 4.74 Å². The minimum atomic E-state index is -0.397. The van der Waals surface area contributed by atoms with Crippen molar-refractivity contribution in [3.63, 3.8) is 0 Å². The molecule has 0 aliphatic carbocycles. The molecule has 1 aromatic rings. The Morgan fingerprint density at radius 3 is 2.92 bits per heavy atom. The Bertz CT molecular complexity index is 285. The lowest BCUT2D eigenvalue weighted by Gasteiger charge is -1.99. The average Bonchev–Trinajstić information content (AvgIpc) is 2.17. The molecular formula is C8H8O3S. The second-order valence-electron chi connectivity index (χ2n) is 2.11. The van der Waals surface area contributed by atoms with Crippen LogP contribution in [0, 0.1) is 0 Å². The molecule has 1 N–H and O–H groups in total. The normalized spacial score (nSPS) is 9.50. The molecule has 0 aliphatic heterocycles. The molecule has 0 saturated heterocycles. The van der Waals surface area contributed by atoms with Crippen molar-refractivity contribution >= 4 is 18.0 Å². The summed E-state index contributed by atoms with van der Waals surface area (Å²) in [6, 6.07) is 6.59. The van der Waals surface area contributed by atoms with Crippen LogP contribution in [0.15, 0.2) is 29.2 Å². The number of methoxy groups -OCH3 is 1. The van der Waals surface area contributed by atoms with Crippen molar-refractivity contribution in [2.45, 2.75) is 4.90 Å². The van der Waals surface area contributed by atoms with Gasteiger partial charge in [0.1, 0.15) is 0 Å². The highest BCUT2D eigenvalue weighted by molar-refractivity contribution is 7.93. The monoisotopic (exact) mass is 184 g/mol. The van der Waals surface area contributed by atoms with Gasteiger partial charge in [0.15, 0.2) is 0 Å². The van der Waals surface area contributed by atoms with Crippen LogP contribution in [0.4, 0.5) is 0 Å². The van der Waals surface area contributed by atoms with E-state index in [2.05, 4.69) is 4.74 Å². The quantitative estimate of drug-likeness (QED) is 0.564. The van der Waals surface area contributed by atoms with Crippen LogP contribution in [0.2, 0.25) is 0 Å². The zero-order valence-corrected chi connectivity index (χ0v) is 7.30. The van der Waals surface area contributed by atoms with Gasteiger partial charge < -0.3 is 9.29 Å². The molecule has 4 heteroatoms. The third-order valence-electron chi connectivity index (χ3n) is 1.36. The number of hydrogen-bond donors (Lipinski definition) is 1. The van der Waals surface area contributed by atoms with Crippen molar-refractivity contribution in [2.24, 2.45) is 0 Å². The third-order valence-corrected chi connectivity index (χ3v) is 1.83. The van der Waals surface area contributed by atoms with Gasteiger partial charge in [0.25, 0.3) is 0 Å². The SMILES string of the molecule is COC(=O)c1cccc(SO)c1. The van der Waals surface area contributed by atoms with Gasteiger partial charge in [0, 0.05) is 16.9 Å². The average molecular weight is 184 g/mol. The molecule has 12 heavy (non-hydrogen) atoms. The largest absolute Gasteiger partial charge is 0.465 e. The lowest BCUT2D eigenvalue weighted by atomic mass is 10.2. The van der Waals surface area contributed by atoms with Crippen LogP contribution in [0.1, 0.15) is 10.4 Å². The topological polar surface area (TPSA) is 46.5 Å². The predicted molar refractivity (Wildman–Crippen MR) is 46.3 cm³/mol. The molecular weight excluding hydrogens is 176 g/mol. The van der Waals surface area contributed by atoms with Crippen LogP contribution in [0.3, 0.4) is 0 Å². The predicted octanol–water partition coefficient (Wildman–Crippen LogP) is 2.04. The van der Waals surface area contributed by atoms with Crippen LogP contribution >= 0.6 is 12.0 Å². The Morgan fingerprint density at radius 2 is 2.33 bits per heavy atom. The Balaban J connectivity index is 2.93. The fourth-order valence-electron chi connectivity index (χ4n) is 0.798. The van der Waals surface area contributed by atoms with Gasteiger partial charge in [0.05, 0.1) is 12.7 Å². The Labute approximate surface area is 74.6 Å². The summed E-state index contributed by atoms with van der Waals surface area (Å²) < 4.78 is 13.2. The van der Waals surface area contributed by atoms with Gasteiger partial charge in [-0.05, 0) is 18.2 Å². The summed E-state index contributed by atoms with van der Waals surface area (Å²) in [6.45, 7) is 0. The summed E-state index contributed by atoms with van der Waals surface area (Å²) in [7, 11) is 1.32. The van der Waals surface area contributed by atoms with Gasteiger partial charge in [-0.1, -0.05) is 6.07 Å². The van der Waals surface area contributed by atoms with E-state index in [-0.39, 0.29) is 0 Å². The summed E-state index contributed by atoms with van der Waals surface area (Å²) >= 11 is 0.603. The molecule has 64 valence electrons. The molecule has 0 fully saturated rings. The molecule has 0 saturated carbocycles. The molecule has 1 rings (SSSR count). The molecule has 0 radical (unpaired) electrons. The minimum Gasteiger partial charge on any atom is -0.465 e. The fraction of sp³-hybridized carbons (Fsp3) is 0.125. The number of carbonyl (C=O) groups is 1. The van der Waals surface area contributed by atoms with Crippen molar-refractivity contribution in [1.29, 1.82) is 0 Å². The molecule has 0 aromatic heterocycles. The van der Waals surface area contributed by atoms with Gasteiger partial charge in [-0.3, -0.25) is 0 Å². The number of carbonyl (C=O) groups excluding carboxylic acids is 1. The molecule has 0 heterocycles. The van der Waals surface area contributed by atoms with E-state index in [1.54, 1.807) is 24.3 Å². The molecule has 0 amide bonds. The first-order valence-corrected chi connectivity index (χ1v) is 4.05. The first kappa shape index (κ1) is 9.09. The van der Waals surface area contributed by atoms with Crippen molar-refractivity contribution in [1.82, 2.24) is 0 Å². The Kier molecular flexibility index (Phi) is 3.13. The van der Waals surface area contributed by atoms with E-state index in [4.69, 9.17) is 4.55 Å². The van der Waals surface area contributed by atoms with Gasteiger partial charge in [-0.2, -0.15) is 0 Å². The molecule has 1 aromatic carbocycles. The maximum Gasteiger partial charge on any atom is 0.337 e. The summed E-state index contributed by atoms with van der Waals surface area (Å²) in [5.74, 6) is -0.397. The maximum atomic E-state index is 11.0. The standard InChI is InChI=1S/C8H8O3S/c1-11-8(9)6-3-2-4-7(5-6)12-10/h2-5,10H,1H3. The Hall–Kier alpha value is -1.00. The molecule has 0 aliphatic rings. The van der Waals surface area contributed by atoms with Crippen molar-refractivity contribution in [3.05, 3.63) is 29.8 Å². The van der Waals surface area contributed by atoms with Crippen LogP contribution in [0.25, 0.3) is 0 Å². The zero-order chi connectivity index (χ0) is 8.97. The highest BCUT2D eigenvalue weighted by Gasteiger charge is 2.04. The highest BCUT2D eigenvalue weighted by atomic mass is 32.2.